The minimum atomic E-state index is -0.676. The predicted molar refractivity (Wildman–Crippen MR) is 263 cm³/mol. The van der Waals surface area contributed by atoms with Crippen LogP contribution in [0.1, 0.15) is 78.5 Å². The quantitative estimate of drug-likeness (QED) is 0.0801. The molecular formula is C50H66FN9O10S. The Labute approximate surface area is 416 Å². The zero-order chi connectivity index (χ0) is 49.9. The highest BCUT2D eigenvalue weighted by Gasteiger charge is 2.38. The van der Waals surface area contributed by atoms with Gasteiger partial charge in [0.25, 0.3) is 17.7 Å². The number of piperidine rings is 1. The summed E-state index contributed by atoms with van der Waals surface area (Å²) >= 11 is 1.64. The topological polar surface area (TPSA) is 204 Å². The summed E-state index contributed by atoms with van der Waals surface area (Å²) < 4.78 is 52.1. The van der Waals surface area contributed by atoms with Crippen LogP contribution in [0.4, 0.5) is 4.39 Å². The normalized spacial score (nSPS) is 17.1. The molecular weight excluding hydrogens is 938 g/mol. The molecule has 3 aliphatic rings. The van der Waals surface area contributed by atoms with Crippen molar-refractivity contribution in [2.24, 2.45) is 13.0 Å². The molecule has 0 radical (unpaired) electrons. The number of carbonyl (C=O) groups excluding carboxylic acids is 4. The lowest BCUT2D eigenvalue weighted by Gasteiger charge is -2.39. The Hall–Kier alpha value is -5.87. The second kappa shape index (κ2) is 24.5. The van der Waals surface area contributed by atoms with E-state index in [9.17, 15) is 19.2 Å². The van der Waals surface area contributed by atoms with Crippen molar-refractivity contribution in [3.8, 4) is 17.4 Å². The van der Waals surface area contributed by atoms with Crippen molar-refractivity contribution in [3.63, 3.8) is 0 Å². The van der Waals surface area contributed by atoms with E-state index >= 15 is 4.39 Å². The number of fused-ring (bicyclic) bond motifs is 2. The first-order valence-corrected chi connectivity index (χ1v) is 25.6. The Balaban J connectivity index is 0.761. The first-order chi connectivity index (χ1) is 34.5. The smallest absolute Gasteiger partial charge is 0.271 e. The van der Waals surface area contributed by atoms with Gasteiger partial charge in [-0.3, -0.25) is 29.1 Å². The van der Waals surface area contributed by atoms with Crippen LogP contribution in [-0.4, -0.2) is 164 Å². The summed E-state index contributed by atoms with van der Waals surface area (Å²) in [5.74, 6) is -0.0438. The maximum atomic E-state index is 15.2. The molecule has 2 aliphatic heterocycles. The SMILES string of the molecule is CN[C@@H](C)C(=O)N[C@H](C(=O)N1CCN(C(=O)c2c(C(=O)NCCOCCOCCOc3cc(CN4CCC(Oc5ccnc6ccsc56)CC4)on3)c3cc(F)c(OC)cc3n2C)CC1)C1CCCCC1. The molecule has 2 saturated heterocycles. The predicted octanol–water partition coefficient (Wildman–Crippen LogP) is 4.77. The van der Waals surface area contributed by atoms with Crippen LogP contribution in [0.2, 0.25) is 0 Å². The Kier molecular flexibility index (Phi) is 17.8. The number of ether oxygens (including phenoxy) is 5. The van der Waals surface area contributed by atoms with Gasteiger partial charge in [-0.2, -0.15) is 0 Å². The molecule has 1 aromatic carbocycles. The molecule has 1 aliphatic carbocycles. The summed E-state index contributed by atoms with van der Waals surface area (Å²) in [6.45, 7) is 6.41. The second-order valence-electron chi connectivity index (χ2n) is 18.3. The summed E-state index contributed by atoms with van der Waals surface area (Å²) in [5, 5.41) is 15.1. The number of hydrogen-bond acceptors (Lipinski definition) is 15. The van der Waals surface area contributed by atoms with Gasteiger partial charge in [0.05, 0.1) is 67.4 Å². The van der Waals surface area contributed by atoms with Crippen LogP contribution in [0.3, 0.4) is 0 Å². The highest BCUT2D eigenvalue weighted by molar-refractivity contribution is 7.17. The number of likely N-dealkylation sites (tertiary alicyclic amines) is 1. The van der Waals surface area contributed by atoms with Gasteiger partial charge in [0, 0.05) is 76.6 Å². The molecule has 0 unspecified atom stereocenters. The number of carbonyl (C=O) groups is 4. The third-order valence-electron chi connectivity index (χ3n) is 13.7. The molecule has 6 heterocycles. The average molecular weight is 1000 g/mol. The van der Waals surface area contributed by atoms with E-state index < -0.39 is 29.7 Å². The number of aryl methyl sites for hydroxylation is 1. The van der Waals surface area contributed by atoms with Gasteiger partial charge in [0.1, 0.15) is 30.2 Å². The second-order valence-corrected chi connectivity index (χ2v) is 19.2. The molecule has 0 bridgehead atoms. The average Bonchev–Trinajstić information content (AvgIpc) is 4.14. The molecule has 8 rings (SSSR count). The Morgan fingerprint density at radius 2 is 1.63 bits per heavy atom. The number of methoxy groups -OCH3 is 1. The van der Waals surface area contributed by atoms with Crippen LogP contribution in [0.5, 0.6) is 17.4 Å². The van der Waals surface area contributed by atoms with E-state index in [4.69, 9.17) is 28.2 Å². The van der Waals surface area contributed by atoms with E-state index in [0.29, 0.717) is 24.5 Å². The first kappa shape index (κ1) is 51.5. The number of halogens is 1. The van der Waals surface area contributed by atoms with Crippen molar-refractivity contribution in [1.29, 1.82) is 0 Å². The summed E-state index contributed by atoms with van der Waals surface area (Å²) in [4.78, 5) is 65.3. The van der Waals surface area contributed by atoms with E-state index in [-0.39, 0.29) is 105 Å². The van der Waals surface area contributed by atoms with Gasteiger partial charge in [-0.05, 0) is 74.3 Å². The van der Waals surface area contributed by atoms with Crippen molar-refractivity contribution < 1.29 is 51.8 Å². The number of aromatic nitrogens is 3. The molecule has 71 heavy (non-hydrogen) atoms. The molecule has 2 atom stereocenters. The van der Waals surface area contributed by atoms with Gasteiger partial charge in [-0.25, -0.2) is 4.39 Å². The molecule has 21 heteroatoms. The van der Waals surface area contributed by atoms with E-state index in [1.165, 1.54) is 19.2 Å². The van der Waals surface area contributed by atoms with Gasteiger partial charge in [-0.15, -0.1) is 11.3 Å². The molecule has 19 nitrogen and oxygen atoms in total. The maximum Gasteiger partial charge on any atom is 0.271 e. The maximum absolute atomic E-state index is 15.2. The van der Waals surface area contributed by atoms with E-state index in [1.54, 1.807) is 59.0 Å². The first-order valence-electron chi connectivity index (χ1n) is 24.7. The number of likely N-dealkylation sites (N-methyl/N-ethyl adjacent to an activating group) is 1. The zero-order valence-corrected chi connectivity index (χ0v) is 41.9. The van der Waals surface area contributed by atoms with Crippen LogP contribution in [0.15, 0.2) is 46.4 Å². The highest BCUT2D eigenvalue weighted by atomic mass is 32.1. The number of nitrogens with zero attached hydrogens (tertiary/aromatic N) is 6. The highest BCUT2D eigenvalue weighted by Crippen LogP contribution is 2.34. The summed E-state index contributed by atoms with van der Waals surface area (Å²) in [6, 6.07) is 7.30. The standard InChI is InChI=1S/C50H66FN9O10S/c1-32(52-2)47(61)55-44(33-8-6-5-7-9-33)49(63)59-18-20-60(21-19-59)50(64)45-43(36-29-37(51)41(65-4)30-39(36)57(45)3)48(62)54-15-22-66-23-24-67-25-26-68-42-28-35(70-56-42)31-58-16-11-34(12-17-58)69-40-10-14-53-38-13-27-71-46(38)40/h10,13-14,27-30,32-34,44,52H,5-9,11-12,15-26,31H2,1-4H3,(H,54,62)(H,55,61)/t32-,44-/m0/s1. The van der Waals surface area contributed by atoms with Gasteiger partial charge in [0.2, 0.25) is 11.8 Å². The lowest BCUT2D eigenvalue weighted by molar-refractivity contribution is -0.140. The van der Waals surface area contributed by atoms with Crippen molar-refractivity contribution >= 4 is 56.1 Å². The number of piperazine rings is 1. The molecule has 5 aromatic rings. The molecule has 384 valence electrons. The number of thiophene rings is 1. The zero-order valence-electron chi connectivity index (χ0n) is 41.0. The minimum absolute atomic E-state index is 0.0269. The van der Waals surface area contributed by atoms with Crippen molar-refractivity contribution in [2.75, 3.05) is 93.0 Å². The summed E-state index contributed by atoms with van der Waals surface area (Å²) in [7, 11) is 4.70. The number of rotatable bonds is 22. The van der Waals surface area contributed by atoms with Crippen molar-refractivity contribution in [3.05, 3.63) is 64.7 Å². The molecule has 4 aromatic heterocycles. The monoisotopic (exact) mass is 1000 g/mol. The number of benzene rings is 1. The van der Waals surface area contributed by atoms with Gasteiger partial charge >= 0.3 is 0 Å². The molecule has 1 saturated carbocycles. The molecule has 3 fully saturated rings. The van der Waals surface area contributed by atoms with E-state index in [0.717, 1.165) is 79.8 Å². The minimum Gasteiger partial charge on any atom is -0.494 e. The van der Waals surface area contributed by atoms with Crippen molar-refractivity contribution in [2.45, 2.75) is 76.6 Å². The number of amides is 4. The Morgan fingerprint density at radius 3 is 2.38 bits per heavy atom. The largest absolute Gasteiger partial charge is 0.494 e. The Morgan fingerprint density at radius 1 is 0.901 bits per heavy atom. The van der Waals surface area contributed by atoms with Crippen LogP contribution >= 0.6 is 11.3 Å². The molecule has 3 N–H and O–H groups in total. The number of pyridine rings is 1. The summed E-state index contributed by atoms with van der Waals surface area (Å²) in [5.41, 5.74) is 1.51. The van der Waals surface area contributed by atoms with Crippen molar-refractivity contribution in [1.82, 2.24) is 45.4 Å². The number of nitrogens with one attached hydrogen (secondary N) is 3. The van der Waals surface area contributed by atoms with E-state index in [2.05, 4.69) is 31.0 Å². The molecule has 4 amide bonds. The van der Waals surface area contributed by atoms with Crippen LogP contribution in [0.25, 0.3) is 21.1 Å². The molecule has 0 spiro atoms. The lowest BCUT2D eigenvalue weighted by Crippen LogP contribution is -2.59. The van der Waals surface area contributed by atoms with Crippen LogP contribution < -0.4 is 30.2 Å². The fourth-order valence-corrected chi connectivity index (χ4v) is 10.4. The van der Waals surface area contributed by atoms with E-state index in [1.807, 2.05) is 17.5 Å². The fourth-order valence-electron chi connectivity index (χ4n) is 9.62. The van der Waals surface area contributed by atoms with Crippen LogP contribution in [0, 0.1) is 11.7 Å². The van der Waals surface area contributed by atoms with Gasteiger partial charge in [-0.1, -0.05) is 19.3 Å². The fraction of sp³-hybridized carbons (Fsp3) is 0.560. The lowest BCUT2D eigenvalue weighted by atomic mass is 9.83. The van der Waals surface area contributed by atoms with Crippen LogP contribution in [-0.2, 0) is 32.7 Å². The van der Waals surface area contributed by atoms with Gasteiger partial charge in [0.15, 0.2) is 17.3 Å². The van der Waals surface area contributed by atoms with Gasteiger partial charge < -0.3 is 58.5 Å². The summed E-state index contributed by atoms with van der Waals surface area (Å²) in [6.07, 6.45) is 8.58. The number of hydrogen-bond donors (Lipinski definition) is 3. The Bertz CT molecular complexity index is 2600. The third kappa shape index (κ3) is 12.6. The third-order valence-corrected chi connectivity index (χ3v) is 14.6.